The van der Waals surface area contributed by atoms with Gasteiger partial charge in [0.15, 0.2) is 11.5 Å². The summed E-state index contributed by atoms with van der Waals surface area (Å²) in [5, 5.41) is 10.5. The van der Waals surface area contributed by atoms with Crippen molar-refractivity contribution in [1.29, 1.82) is 0 Å². The molecule has 1 aliphatic rings. The fraction of sp³-hybridized carbons (Fsp3) is 0.250. The second-order valence-corrected chi connectivity index (χ2v) is 6.79. The Labute approximate surface area is 162 Å². The van der Waals surface area contributed by atoms with Gasteiger partial charge in [-0.15, -0.1) is 0 Å². The molecule has 2 N–H and O–H groups in total. The number of aryl methyl sites for hydroxylation is 1. The Bertz CT molecular complexity index is 1090. The molecular formula is C20H21N7O. The largest absolute Gasteiger partial charge is 0.378 e. The summed E-state index contributed by atoms with van der Waals surface area (Å²) in [6, 6.07) is 8.39. The summed E-state index contributed by atoms with van der Waals surface area (Å²) >= 11 is 0. The summed E-state index contributed by atoms with van der Waals surface area (Å²) in [5.74, 6) is 0.717. The van der Waals surface area contributed by atoms with Gasteiger partial charge in [-0.05, 0) is 31.2 Å². The van der Waals surface area contributed by atoms with Crippen molar-refractivity contribution in [1.82, 2.24) is 24.6 Å². The first-order valence-corrected chi connectivity index (χ1v) is 9.32. The Balaban J connectivity index is 1.43. The standard InChI is InChI=1S/C20H21N7O/c1-14-17(12-23-25-14)18-13-22-19(20-21-6-7-27(18)20)24-15-2-4-16(5-3-15)26-8-10-28-11-9-26/h2-7,12-13H,8-11H2,1H3,(H,22,24)(H,23,25). The number of nitrogens with zero attached hydrogens (tertiary/aromatic N) is 5. The lowest BCUT2D eigenvalue weighted by Crippen LogP contribution is -2.36. The van der Waals surface area contributed by atoms with Crippen LogP contribution in [0.1, 0.15) is 5.69 Å². The number of imidazole rings is 1. The van der Waals surface area contributed by atoms with Crippen LogP contribution < -0.4 is 10.2 Å². The second kappa shape index (κ2) is 6.97. The van der Waals surface area contributed by atoms with Crippen LogP contribution in [0.25, 0.3) is 16.9 Å². The summed E-state index contributed by atoms with van der Waals surface area (Å²) in [7, 11) is 0. The maximum absolute atomic E-state index is 5.42. The molecular weight excluding hydrogens is 354 g/mol. The second-order valence-electron chi connectivity index (χ2n) is 6.79. The average Bonchev–Trinajstić information content (AvgIpc) is 3.39. The minimum atomic E-state index is 0.717. The van der Waals surface area contributed by atoms with Gasteiger partial charge in [-0.25, -0.2) is 9.97 Å². The Morgan fingerprint density at radius 3 is 2.64 bits per heavy atom. The number of aromatic nitrogens is 5. The fourth-order valence-electron chi connectivity index (χ4n) is 3.53. The van der Waals surface area contributed by atoms with Gasteiger partial charge in [0.2, 0.25) is 0 Å². The van der Waals surface area contributed by atoms with Crippen molar-refractivity contribution in [2.75, 3.05) is 36.5 Å². The molecule has 1 aromatic carbocycles. The summed E-state index contributed by atoms with van der Waals surface area (Å²) < 4.78 is 7.45. The highest BCUT2D eigenvalue weighted by atomic mass is 16.5. The molecule has 0 radical (unpaired) electrons. The van der Waals surface area contributed by atoms with Gasteiger partial charge >= 0.3 is 0 Å². The molecule has 0 atom stereocenters. The average molecular weight is 375 g/mol. The van der Waals surface area contributed by atoms with Gasteiger partial charge in [0.05, 0.1) is 31.3 Å². The molecule has 1 aliphatic heterocycles. The van der Waals surface area contributed by atoms with E-state index in [1.54, 1.807) is 6.20 Å². The van der Waals surface area contributed by atoms with E-state index in [-0.39, 0.29) is 0 Å². The number of rotatable bonds is 4. The highest BCUT2D eigenvalue weighted by molar-refractivity contribution is 5.75. The number of anilines is 3. The van der Waals surface area contributed by atoms with E-state index in [1.165, 1.54) is 5.69 Å². The monoisotopic (exact) mass is 375 g/mol. The Kier molecular flexibility index (Phi) is 4.17. The van der Waals surface area contributed by atoms with Crippen LogP contribution >= 0.6 is 0 Å². The Hall–Kier alpha value is -3.39. The molecule has 0 bridgehead atoms. The van der Waals surface area contributed by atoms with Gasteiger partial charge in [0, 0.05) is 48.1 Å². The molecule has 28 heavy (non-hydrogen) atoms. The van der Waals surface area contributed by atoms with E-state index in [9.17, 15) is 0 Å². The van der Waals surface area contributed by atoms with Crippen molar-refractivity contribution in [2.45, 2.75) is 6.92 Å². The maximum atomic E-state index is 5.42. The van der Waals surface area contributed by atoms with E-state index in [2.05, 4.69) is 54.6 Å². The number of morpholine rings is 1. The van der Waals surface area contributed by atoms with Crippen molar-refractivity contribution in [3.05, 3.63) is 54.7 Å². The van der Waals surface area contributed by atoms with Crippen molar-refractivity contribution in [3.8, 4) is 11.3 Å². The van der Waals surface area contributed by atoms with Crippen molar-refractivity contribution in [3.63, 3.8) is 0 Å². The molecule has 3 aromatic heterocycles. The zero-order valence-corrected chi connectivity index (χ0v) is 15.6. The molecule has 8 heteroatoms. The first-order valence-electron chi connectivity index (χ1n) is 9.32. The lowest BCUT2D eigenvalue weighted by atomic mass is 10.2. The third kappa shape index (κ3) is 2.97. The molecule has 4 aromatic rings. The van der Waals surface area contributed by atoms with Crippen LogP contribution in [0.5, 0.6) is 0 Å². The van der Waals surface area contributed by atoms with Crippen LogP contribution in [0.2, 0.25) is 0 Å². The summed E-state index contributed by atoms with van der Waals surface area (Å²) in [4.78, 5) is 11.4. The smallest absolute Gasteiger partial charge is 0.180 e. The van der Waals surface area contributed by atoms with Crippen molar-refractivity contribution >= 4 is 22.8 Å². The first-order chi connectivity index (χ1) is 13.8. The van der Waals surface area contributed by atoms with Gasteiger partial charge in [-0.3, -0.25) is 9.50 Å². The number of nitrogens with one attached hydrogen (secondary N) is 2. The van der Waals surface area contributed by atoms with Gasteiger partial charge in [0.1, 0.15) is 0 Å². The summed E-state index contributed by atoms with van der Waals surface area (Å²) in [6.45, 7) is 5.41. The Morgan fingerprint density at radius 2 is 1.89 bits per heavy atom. The predicted molar refractivity (Wildman–Crippen MR) is 108 cm³/mol. The predicted octanol–water partition coefficient (Wildman–Crippen LogP) is 3.01. The quantitative estimate of drug-likeness (QED) is 0.571. The van der Waals surface area contributed by atoms with E-state index < -0.39 is 0 Å². The molecule has 0 unspecified atom stereocenters. The fourth-order valence-corrected chi connectivity index (χ4v) is 3.53. The number of aromatic amines is 1. The highest BCUT2D eigenvalue weighted by Gasteiger charge is 2.14. The summed E-state index contributed by atoms with van der Waals surface area (Å²) in [5.41, 5.74) is 5.91. The van der Waals surface area contributed by atoms with Crippen LogP contribution in [0, 0.1) is 6.92 Å². The molecule has 5 rings (SSSR count). The molecule has 142 valence electrons. The van der Waals surface area contributed by atoms with Crippen LogP contribution in [0.3, 0.4) is 0 Å². The first kappa shape index (κ1) is 16.8. The van der Waals surface area contributed by atoms with Crippen molar-refractivity contribution in [2.24, 2.45) is 0 Å². The lowest BCUT2D eigenvalue weighted by molar-refractivity contribution is 0.122. The lowest BCUT2D eigenvalue weighted by Gasteiger charge is -2.28. The van der Waals surface area contributed by atoms with Crippen LogP contribution in [0.4, 0.5) is 17.2 Å². The molecule has 4 heterocycles. The van der Waals surface area contributed by atoms with Gasteiger partial charge in [-0.1, -0.05) is 0 Å². The van der Waals surface area contributed by atoms with E-state index >= 15 is 0 Å². The van der Waals surface area contributed by atoms with E-state index in [0.717, 1.165) is 54.6 Å². The molecule has 0 aliphatic carbocycles. The third-order valence-electron chi connectivity index (χ3n) is 5.04. The van der Waals surface area contributed by atoms with Gasteiger partial charge in [0.25, 0.3) is 0 Å². The van der Waals surface area contributed by atoms with Gasteiger partial charge in [-0.2, -0.15) is 5.10 Å². The zero-order valence-electron chi connectivity index (χ0n) is 15.6. The maximum Gasteiger partial charge on any atom is 0.180 e. The molecule has 0 saturated carbocycles. The molecule has 0 amide bonds. The Morgan fingerprint density at radius 1 is 1.07 bits per heavy atom. The number of ether oxygens (including phenoxy) is 1. The topological polar surface area (TPSA) is 83.4 Å². The highest BCUT2D eigenvalue weighted by Crippen LogP contribution is 2.27. The van der Waals surface area contributed by atoms with Crippen LogP contribution in [0.15, 0.2) is 49.1 Å². The van der Waals surface area contributed by atoms with Gasteiger partial charge < -0.3 is 15.0 Å². The van der Waals surface area contributed by atoms with E-state index in [0.29, 0.717) is 5.82 Å². The number of benzene rings is 1. The SMILES string of the molecule is Cc1[nH]ncc1-c1cnc(Nc2ccc(N3CCOCC3)cc2)c2nccn12. The third-order valence-corrected chi connectivity index (χ3v) is 5.04. The minimum absolute atomic E-state index is 0.717. The minimum Gasteiger partial charge on any atom is -0.378 e. The number of fused-ring (bicyclic) bond motifs is 1. The molecule has 1 fully saturated rings. The van der Waals surface area contributed by atoms with Crippen LogP contribution in [-0.4, -0.2) is 50.9 Å². The van der Waals surface area contributed by atoms with E-state index in [1.807, 2.05) is 29.9 Å². The molecule has 1 saturated heterocycles. The van der Waals surface area contributed by atoms with Crippen LogP contribution in [-0.2, 0) is 4.74 Å². The zero-order chi connectivity index (χ0) is 18.9. The molecule has 0 spiro atoms. The molecule has 8 nitrogen and oxygen atoms in total. The van der Waals surface area contributed by atoms with E-state index in [4.69, 9.17) is 4.74 Å². The van der Waals surface area contributed by atoms with Crippen molar-refractivity contribution < 1.29 is 4.74 Å². The number of hydrogen-bond donors (Lipinski definition) is 2. The number of H-pyrrole nitrogens is 1. The summed E-state index contributed by atoms with van der Waals surface area (Å²) in [6.07, 6.45) is 7.37. The normalized spacial score (nSPS) is 14.5. The number of hydrogen-bond acceptors (Lipinski definition) is 6.